The van der Waals surface area contributed by atoms with Gasteiger partial charge in [0, 0.05) is 36.8 Å². The molecule has 0 spiro atoms. The Morgan fingerprint density at radius 3 is 2.84 bits per heavy atom. The van der Waals surface area contributed by atoms with Crippen LogP contribution in [0.5, 0.6) is 0 Å². The van der Waals surface area contributed by atoms with Crippen LogP contribution in [-0.2, 0) is 0 Å². The second-order valence-corrected chi connectivity index (χ2v) is 12.0. The molecular formula is C23H41N7OS. The zero-order valence-corrected chi connectivity index (χ0v) is 20.4. The summed E-state index contributed by atoms with van der Waals surface area (Å²) in [6.07, 6.45) is 12.5. The number of hydrogen-bond donors (Lipinski definition) is 5. The van der Waals surface area contributed by atoms with E-state index in [0.29, 0.717) is 23.6 Å². The maximum Gasteiger partial charge on any atom is 0.264 e. The third-order valence-electron chi connectivity index (χ3n) is 8.04. The number of nitrogens with one attached hydrogen (secondary N) is 5. The highest BCUT2D eigenvalue weighted by molar-refractivity contribution is 7.98. The van der Waals surface area contributed by atoms with E-state index < -0.39 is 0 Å². The Morgan fingerprint density at radius 1 is 1.09 bits per heavy atom. The average Bonchev–Trinajstić information content (AvgIpc) is 3.33. The molecule has 4 aliphatic rings. The second-order valence-electron chi connectivity index (χ2n) is 10.9. The van der Waals surface area contributed by atoms with Crippen molar-refractivity contribution < 1.29 is 0 Å². The second kappa shape index (κ2) is 9.80. The van der Waals surface area contributed by atoms with E-state index in [1.807, 2.05) is 22.8 Å². The highest BCUT2D eigenvalue weighted by Gasteiger charge is 2.46. The van der Waals surface area contributed by atoms with Crippen LogP contribution in [0.3, 0.4) is 0 Å². The molecular weight excluding hydrogens is 422 g/mol. The Morgan fingerprint density at radius 2 is 2.00 bits per heavy atom. The molecule has 1 aromatic rings. The lowest BCUT2D eigenvalue weighted by Gasteiger charge is -2.47. The highest BCUT2D eigenvalue weighted by atomic mass is 32.2. The number of H-pyrrole nitrogens is 1. The summed E-state index contributed by atoms with van der Waals surface area (Å²) in [5.41, 5.74) is 0.157. The molecule has 5 heterocycles. The van der Waals surface area contributed by atoms with E-state index in [4.69, 9.17) is 0 Å². The largest absolute Gasteiger partial charge is 0.302 e. The predicted octanol–water partition coefficient (Wildman–Crippen LogP) is 2.15. The third-order valence-corrected chi connectivity index (χ3v) is 9.03. The Bertz CT molecular complexity index is 810. The predicted molar refractivity (Wildman–Crippen MR) is 130 cm³/mol. The molecule has 9 heteroatoms. The number of fused-ring (bicyclic) bond motifs is 6. The Balaban J connectivity index is 1.35. The maximum atomic E-state index is 11.7. The van der Waals surface area contributed by atoms with E-state index in [0.717, 1.165) is 38.4 Å². The van der Waals surface area contributed by atoms with Crippen molar-refractivity contribution in [1.29, 1.82) is 0 Å². The van der Waals surface area contributed by atoms with Gasteiger partial charge in [0.25, 0.3) is 5.56 Å². The molecule has 5 N–H and O–H groups in total. The van der Waals surface area contributed by atoms with Gasteiger partial charge in [-0.2, -0.15) is 0 Å². The fraction of sp³-hybridized carbons (Fsp3) is 0.870. The van der Waals surface area contributed by atoms with E-state index in [1.165, 1.54) is 38.5 Å². The van der Waals surface area contributed by atoms with Crippen LogP contribution in [0.25, 0.3) is 0 Å². The minimum atomic E-state index is -0.0254. The number of nitrogens with zero attached hydrogens (tertiary/aromatic N) is 2. The Labute approximate surface area is 196 Å². The molecule has 1 aromatic heterocycles. The monoisotopic (exact) mass is 463 g/mol. The SMILES string of the molecule is CC1(C)CC2CCCNC3CCCC(N3)SNCC3CCC(n4ccc(=O)[nH]4)NC3N1C2. The number of piperidine rings is 2. The van der Waals surface area contributed by atoms with Crippen molar-refractivity contribution >= 4 is 11.9 Å². The lowest BCUT2D eigenvalue weighted by molar-refractivity contribution is 0.00938. The normalized spacial score (nSPS) is 40.8. The lowest BCUT2D eigenvalue weighted by Crippen LogP contribution is -2.60. The zero-order chi connectivity index (χ0) is 22.1. The highest BCUT2D eigenvalue weighted by Crippen LogP contribution is 2.40. The van der Waals surface area contributed by atoms with Gasteiger partial charge in [-0.15, -0.1) is 0 Å². The van der Waals surface area contributed by atoms with Crippen molar-refractivity contribution in [3.63, 3.8) is 0 Å². The summed E-state index contributed by atoms with van der Waals surface area (Å²) in [5, 5.41) is 15.0. The first kappa shape index (κ1) is 22.9. The summed E-state index contributed by atoms with van der Waals surface area (Å²) >= 11 is 1.88. The minimum Gasteiger partial charge on any atom is -0.302 e. The first-order valence-corrected chi connectivity index (χ1v) is 13.5. The van der Waals surface area contributed by atoms with Crippen LogP contribution >= 0.6 is 11.9 Å². The van der Waals surface area contributed by atoms with Crippen LogP contribution in [0.4, 0.5) is 0 Å². The molecule has 5 rings (SSSR count). The van der Waals surface area contributed by atoms with Crippen LogP contribution in [0.2, 0.25) is 0 Å². The van der Waals surface area contributed by atoms with Gasteiger partial charge in [0.15, 0.2) is 0 Å². The fourth-order valence-electron chi connectivity index (χ4n) is 6.43. The van der Waals surface area contributed by atoms with Gasteiger partial charge in [0.05, 0.1) is 17.7 Å². The molecule has 8 nitrogen and oxygen atoms in total. The molecule has 7 unspecified atom stereocenters. The summed E-state index contributed by atoms with van der Waals surface area (Å²) < 4.78 is 5.72. The van der Waals surface area contributed by atoms with Crippen LogP contribution in [0.1, 0.15) is 71.4 Å². The van der Waals surface area contributed by atoms with Gasteiger partial charge in [-0.3, -0.25) is 34.8 Å². The van der Waals surface area contributed by atoms with E-state index >= 15 is 0 Å². The summed E-state index contributed by atoms with van der Waals surface area (Å²) in [6, 6.07) is 1.62. The van der Waals surface area contributed by atoms with Crippen molar-refractivity contribution in [2.75, 3.05) is 19.6 Å². The average molecular weight is 464 g/mol. The summed E-state index contributed by atoms with van der Waals surface area (Å²) in [6.45, 7) is 8.11. The maximum absolute atomic E-state index is 11.7. The minimum absolute atomic E-state index is 0.0254. The van der Waals surface area contributed by atoms with Crippen molar-refractivity contribution in [3.05, 3.63) is 22.6 Å². The lowest BCUT2D eigenvalue weighted by atomic mass is 9.90. The van der Waals surface area contributed by atoms with Crippen molar-refractivity contribution in [3.8, 4) is 0 Å². The van der Waals surface area contributed by atoms with Gasteiger partial charge in [0.1, 0.15) is 6.17 Å². The molecule has 4 saturated heterocycles. The van der Waals surface area contributed by atoms with Gasteiger partial charge in [-0.05, 0) is 77.7 Å². The first-order valence-electron chi connectivity index (χ1n) is 12.7. The van der Waals surface area contributed by atoms with Crippen LogP contribution < -0.4 is 26.2 Å². The molecule has 0 radical (unpaired) electrons. The zero-order valence-electron chi connectivity index (χ0n) is 19.6. The molecule has 0 aliphatic carbocycles. The molecule has 7 atom stereocenters. The van der Waals surface area contributed by atoms with Crippen LogP contribution in [0.15, 0.2) is 17.1 Å². The molecule has 4 bridgehead atoms. The first-order chi connectivity index (χ1) is 15.5. The van der Waals surface area contributed by atoms with Crippen molar-refractivity contribution in [1.82, 2.24) is 35.4 Å². The topological polar surface area (TPSA) is 89.1 Å². The molecule has 0 amide bonds. The van der Waals surface area contributed by atoms with E-state index in [1.54, 1.807) is 6.07 Å². The van der Waals surface area contributed by atoms with E-state index in [2.05, 4.69) is 44.5 Å². The van der Waals surface area contributed by atoms with Crippen LogP contribution in [-0.4, -0.2) is 57.6 Å². The van der Waals surface area contributed by atoms with Crippen LogP contribution in [0, 0.1) is 11.8 Å². The van der Waals surface area contributed by atoms with E-state index in [-0.39, 0.29) is 17.3 Å². The standard InChI is InChI=1S/C23H41N7OS/c1-23(2)13-16-5-4-11-24-18-6-3-7-21(26-18)32-25-14-17-8-9-19(27-22(17)29(23)15-16)30-12-10-20(31)28-30/h10,12,16-19,21-22,24-27H,3-9,11,13-15H2,1-2H3,(H,28,31). The third kappa shape index (κ3) is 5.13. The molecule has 0 saturated carbocycles. The quantitative estimate of drug-likeness (QED) is 0.408. The summed E-state index contributed by atoms with van der Waals surface area (Å²) in [4.78, 5) is 14.5. The molecule has 4 aliphatic heterocycles. The van der Waals surface area contributed by atoms with E-state index in [9.17, 15) is 4.79 Å². The van der Waals surface area contributed by atoms with Gasteiger partial charge >= 0.3 is 0 Å². The van der Waals surface area contributed by atoms with Gasteiger partial charge < -0.3 is 5.32 Å². The molecule has 180 valence electrons. The van der Waals surface area contributed by atoms with Crippen molar-refractivity contribution in [2.45, 2.75) is 94.6 Å². The fourth-order valence-corrected chi connectivity index (χ4v) is 7.46. The Hall–Kier alpha value is -0.840. The Kier molecular flexibility index (Phi) is 7.02. The van der Waals surface area contributed by atoms with Crippen molar-refractivity contribution in [2.24, 2.45) is 11.8 Å². The number of hydrogen-bond acceptors (Lipinski definition) is 7. The number of aromatic nitrogens is 2. The number of aromatic amines is 1. The molecule has 4 fully saturated rings. The van der Waals surface area contributed by atoms with Gasteiger partial charge in [0.2, 0.25) is 0 Å². The molecule has 32 heavy (non-hydrogen) atoms. The number of rotatable bonds is 1. The van der Waals surface area contributed by atoms with Gasteiger partial charge in [-0.1, -0.05) is 11.9 Å². The molecule has 0 aromatic carbocycles. The summed E-state index contributed by atoms with van der Waals surface area (Å²) in [7, 11) is 0. The summed E-state index contributed by atoms with van der Waals surface area (Å²) in [5.74, 6) is 1.29. The van der Waals surface area contributed by atoms with Gasteiger partial charge in [-0.25, -0.2) is 0 Å². The smallest absolute Gasteiger partial charge is 0.264 e.